The molecule has 10 heteroatoms. The Hall–Kier alpha value is -2.62. The second kappa shape index (κ2) is 7.98. The van der Waals surface area contributed by atoms with E-state index in [9.17, 15) is 24.5 Å². The molecule has 1 N–H and O–H groups in total. The van der Waals surface area contributed by atoms with E-state index in [0.717, 1.165) is 31.0 Å². The largest absolute Gasteiger partial charge is 0.465 e. The van der Waals surface area contributed by atoms with Crippen LogP contribution in [0.15, 0.2) is 23.1 Å². The molecule has 0 spiro atoms. The van der Waals surface area contributed by atoms with Gasteiger partial charge in [0.05, 0.1) is 30.5 Å². The molecule has 0 aromatic heterocycles. The third kappa shape index (κ3) is 4.74. The molecule has 0 heterocycles. The molecule has 0 bridgehead atoms. The van der Waals surface area contributed by atoms with Crippen LogP contribution in [0.25, 0.3) is 0 Å². The molecule has 9 nitrogen and oxygen atoms in total. The molecule has 0 fully saturated rings. The highest BCUT2D eigenvalue weighted by atomic mass is 32.2. The van der Waals surface area contributed by atoms with Crippen LogP contribution in [-0.2, 0) is 14.3 Å². The van der Waals surface area contributed by atoms with Gasteiger partial charge in [0.25, 0.3) is 5.69 Å². The molecule has 0 aliphatic rings. The third-order valence-electron chi connectivity index (χ3n) is 2.37. The van der Waals surface area contributed by atoms with Crippen molar-refractivity contribution in [1.82, 2.24) is 5.32 Å². The highest BCUT2D eigenvalue weighted by molar-refractivity contribution is 8.00. The second-order valence-electron chi connectivity index (χ2n) is 3.76. The number of nitro benzene ring substituents is 1. The zero-order valence-corrected chi connectivity index (χ0v) is 12.5. The summed E-state index contributed by atoms with van der Waals surface area (Å²) in [4.78, 5) is 44.3. The van der Waals surface area contributed by atoms with Crippen molar-refractivity contribution >= 4 is 35.4 Å². The first-order valence-corrected chi connectivity index (χ1v) is 6.75. The number of amides is 2. The number of rotatable bonds is 5. The van der Waals surface area contributed by atoms with Crippen molar-refractivity contribution in [2.24, 2.45) is 0 Å². The van der Waals surface area contributed by atoms with Crippen LogP contribution in [0.2, 0.25) is 0 Å². The van der Waals surface area contributed by atoms with Crippen molar-refractivity contribution in [3.05, 3.63) is 33.9 Å². The van der Waals surface area contributed by atoms with Gasteiger partial charge in [0.2, 0.25) is 5.91 Å². The Labute approximate surface area is 129 Å². The molecule has 0 atom stereocenters. The van der Waals surface area contributed by atoms with E-state index in [0.29, 0.717) is 0 Å². The summed E-state index contributed by atoms with van der Waals surface area (Å²) in [6.07, 6.45) is -0.919. The average molecular weight is 328 g/mol. The zero-order chi connectivity index (χ0) is 16.7. The summed E-state index contributed by atoms with van der Waals surface area (Å²) in [5.41, 5.74) is -0.146. The van der Waals surface area contributed by atoms with Crippen molar-refractivity contribution in [2.45, 2.75) is 4.90 Å². The summed E-state index contributed by atoms with van der Waals surface area (Å²) in [5, 5.41) is 12.7. The summed E-state index contributed by atoms with van der Waals surface area (Å²) < 4.78 is 8.83. The van der Waals surface area contributed by atoms with Crippen LogP contribution in [0.3, 0.4) is 0 Å². The number of carbonyl (C=O) groups is 3. The van der Waals surface area contributed by atoms with Crippen molar-refractivity contribution in [1.29, 1.82) is 0 Å². The molecule has 2 amide bonds. The van der Waals surface area contributed by atoms with Crippen molar-refractivity contribution in [3.8, 4) is 0 Å². The molecule has 0 saturated heterocycles. The predicted molar refractivity (Wildman–Crippen MR) is 75.7 cm³/mol. The van der Waals surface area contributed by atoms with E-state index in [1.165, 1.54) is 13.2 Å². The number of hydrogen-bond donors (Lipinski definition) is 1. The molecular formula is C12H12N2O7S. The number of hydrogen-bond acceptors (Lipinski definition) is 8. The third-order valence-corrected chi connectivity index (χ3v) is 3.42. The van der Waals surface area contributed by atoms with Crippen LogP contribution in [-0.4, -0.2) is 42.9 Å². The lowest BCUT2D eigenvalue weighted by Gasteiger charge is -2.07. The number of carbonyl (C=O) groups excluding carboxylic acids is 3. The van der Waals surface area contributed by atoms with Crippen LogP contribution < -0.4 is 5.32 Å². The lowest BCUT2D eigenvalue weighted by molar-refractivity contribution is -0.385. The lowest BCUT2D eigenvalue weighted by Crippen LogP contribution is -2.31. The molecule has 1 rings (SSSR count). The van der Waals surface area contributed by atoms with E-state index in [4.69, 9.17) is 0 Å². The zero-order valence-electron chi connectivity index (χ0n) is 11.7. The number of methoxy groups -OCH3 is 2. The van der Waals surface area contributed by atoms with Crippen LogP contribution in [0.5, 0.6) is 0 Å². The van der Waals surface area contributed by atoms with Crippen molar-refractivity contribution < 1.29 is 28.8 Å². The number of nitro groups is 1. The smallest absolute Gasteiger partial charge is 0.413 e. The topological polar surface area (TPSA) is 125 Å². The van der Waals surface area contributed by atoms with E-state index in [2.05, 4.69) is 9.47 Å². The molecule has 0 aliphatic heterocycles. The molecule has 0 unspecified atom stereocenters. The van der Waals surface area contributed by atoms with E-state index in [-0.39, 0.29) is 21.9 Å². The molecule has 0 saturated carbocycles. The van der Waals surface area contributed by atoms with Gasteiger partial charge in [-0.3, -0.25) is 20.2 Å². The Bertz CT molecular complexity index is 617. The first-order chi connectivity index (χ1) is 10.4. The van der Waals surface area contributed by atoms with Gasteiger partial charge in [0.15, 0.2) is 0 Å². The van der Waals surface area contributed by atoms with Gasteiger partial charge in [-0.25, -0.2) is 9.59 Å². The normalized spacial score (nSPS) is 9.73. The number of alkyl carbamates (subject to hydrolysis) is 1. The molecule has 1 aromatic carbocycles. The van der Waals surface area contributed by atoms with Gasteiger partial charge in [-0.2, -0.15) is 0 Å². The quantitative estimate of drug-likeness (QED) is 0.372. The second-order valence-corrected chi connectivity index (χ2v) is 4.77. The Morgan fingerprint density at radius 2 is 1.95 bits per heavy atom. The SMILES string of the molecule is COC(=O)NC(=O)CSc1cc([N+](=O)[O-])ccc1C(=O)OC. The van der Waals surface area contributed by atoms with E-state index < -0.39 is 22.9 Å². The molecule has 0 radical (unpaired) electrons. The summed E-state index contributed by atoms with van der Waals surface area (Å²) in [6, 6.07) is 3.55. The fourth-order valence-electron chi connectivity index (χ4n) is 1.37. The summed E-state index contributed by atoms with van der Waals surface area (Å²) in [5.74, 6) is -1.59. The van der Waals surface area contributed by atoms with Gasteiger partial charge in [0, 0.05) is 17.0 Å². The van der Waals surface area contributed by atoms with E-state index in [1.54, 1.807) is 0 Å². The minimum Gasteiger partial charge on any atom is -0.465 e. The Kier molecular flexibility index (Phi) is 6.32. The van der Waals surface area contributed by atoms with E-state index >= 15 is 0 Å². The fourth-order valence-corrected chi connectivity index (χ4v) is 2.24. The minimum absolute atomic E-state index is 0.0870. The summed E-state index contributed by atoms with van der Waals surface area (Å²) in [6.45, 7) is 0. The average Bonchev–Trinajstić information content (AvgIpc) is 2.51. The number of nitrogens with zero attached hydrogens (tertiary/aromatic N) is 1. The first kappa shape index (κ1) is 17.4. The number of ether oxygens (including phenoxy) is 2. The van der Waals surface area contributed by atoms with Gasteiger partial charge < -0.3 is 9.47 Å². The fraction of sp³-hybridized carbons (Fsp3) is 0.250. The van der Waals surface area contributed by atoms with Crippen LogP contribution in [0.1, 0.15) is 10.4 Å². The van der Waals surface area contributed by atoms with Gasteiger partial charge in [-0.15, -0.1) is 11.8 Å². The van der Waals surface area contributed by atoms with E-state index in [1.807, 2.05) is 5.32 Å². The molecule has 0 aliphatic carbocycles. The number of imide groups is 1. The maximum atomic E-state index is 11.6. The number of benzene rings is 1. The van der Waals surface area contributed by atoms with Crippen LogP contribution >= 0.6 is 11.8 Å². The predicted octanol–water partition coefficient (Wildman–Crippen LogP) is 1.36. The Morgan fingerprint density at radius 1 is 1.27 bits per heavy atom. The Morgan fingerprint density at radius 3 is 2.50 bits per heavy atom. The molecular weight excluding hydrogens is 316 g/mol. The monoisotopic (exact) mass is 328 g/mol. The number of esters is 1. The number of non-ortho nitro benzene ring substituents is 1. The van der Waals surface area contributed by atoms with Crippen LogP contribution in [0.4, 0.5) is 10.5 Å². The molecule has 118 valence electrons. The van der Waals surface area contributed by atoms with Gasteiger partial charge >= 0.3 is 12.1 Å². The first-order valence-electron chi connectivity index (χ1n) is 5.76. The summed E-state index contributed by atoms with van der Waals surface area (Å²) in [7, 11) is 2.27. The minimum atomic E-state index is -0.919. The van der Waals surface area contributed by atoms with Gasteiger partial charge in [-0.1, -0.05) is 0 Å². The highest BCUT2D eigenvalue weighted by Gasteiger charge is 2.18. The maximum Gasteiger partial charge on any atom is 0.413 e. The summed E-state index contributed by atoms with van der Waals surface area (Å²) >= 11 is 0.858. The maximum absolute atomic E-state index is 11.6. The van der Waals surface area contributed by atoms with Crippen LogP contribution in [0, 0.1) is 10.1 Å². The molecule has 22 heavy (non-hydrogen) atoms. The van der Waals surface area contributed by atoms with Crippen molar-refractivity contribution in [2.75, 3.05) is 20.0 Å². The Balaban J connectivity index is 2.92. The number of thioether (sulfide) groups is 1. The van der Waals surface area contributed by atoms with Gasteiger partial charge in [0.1, 0.15) is 0 Å². The van der Waals surface area contributed by atoms with Gasteiger partial charge in [-0.05, 0) is 6.07 Å². The van der Waals surface area contributed by atoms with Crippen molar-refractivity contribution in [3.63, 3.8) is 0 Å². The lowest BCUT2D eigenvalue weighted by atomic mass is 10.2. The number of nitrogens with one attached hydrogen (secondary N) is 1. The highest BCUT2D eigenvalue weighted by Crippen LogP contribution is 2.27. The standard InChI is InChI=1S/C12H12N2O7S/c1-20-11(16)8-4-3-7(14(18)19)5-9(8)22-6-10(15)13-12(17)21-2/h3-5H,6H2,1-2H3,(H,13,15,17). The molecule has 1 aromatic rings.